The fourth-order valence-electron chi connectivity index (χ4n) is 3.31. The molecule has 9 nitrogen and oxygen atoms in total. The van der Waals surface area contributed by atoms with Crippen LogP contribution in [0.3, 0.4) is 0 Å². The zero-order chi connectivity index (χ0) is 22.7. The van der Waals surface area contributed by atoms with Gasteiger partial charge >= 0.3 is 0 Å². The number of nitrogens with zero attached hydrogens (tertiary/aromatic N) is 2. The zero-order valence-electron chi connectivity index (χ0n) is 16.9. The van der Waals surface area contributed by atoms with Crippen LogP contribution in [0.4, 0.5) is 5.69 Å². The predicted molar refractivity (Wildman–Crippen MR) is 117 cm³/mol. The molecule has 3 aromatic rings. The normalized spacial score (nSPS) is 12.9. The van der Waals surface area contributed by atoms with Crippen molar-refractivity contribution in [1.82, 2.24) is 10.3 Å². The molecule has 0 radical (unpaired) electrons. The van der Waals surface area contributed by atoms with Gasteiger partial charge < -0.3 is 10.1 Å². The van der Waals surface area contributed by atoms with Gasteiger partial charge in [0.15, 0.2) is 5.75 Å². The lowest BCUT2D eigenvalue weighted by Gasteiger charge is -2.21. The van der Waals surface area contributed by atoms with Gasteiger partial charge in [-0.25, -0.2) is 18.5 Å². The smallest absolute Gasteiger partial charge is 0.264 e. The van der Waals surface area contributed by atoms with E-state index in [0.29, 0.717) is 24.4 Å². The van der Waals surface area contributed by atoms with Crippen LogP contribution in [0.5, 0.6) is 11.6 Å². The average molecular weight is 452 g/mol. The minimum absolute atomic E-state index is 0.0283. The molecule has 2 amide bonds. The SMILES string of the molecule is NS(=O)(=O)c1ccc(CCNC(=O)CN2C(=O)c3cccnc3Oc3ccccc32)cc1. The third-order valence-corrected chi connectivity index (χ3v) is 5.83. The Morgan fingerprint density at radius 2 is 1.81 bits per heavy atom. The summed E-state index contributed by atoms with van der Waals surface area (Å²) >= 11 is 0. The van der Waals surface area contributed by atoms with Crippen molar-refractivity contribution in [2.24, 2.45) is 5.14 Å². The number of sulfonamides is 1. The number of anilines is 1. The molecular weight excluding hydrogens is 432 g/mol. The van der Waals surface area contributed by atoms with Crippen molar-refractivity contribution in [3.63, 3.8) is 0 Å². The summed E-state index contributed by atoms with van der Waals surface area (Å²) in [4.78, 5) is 31.2. The van der Waals surface area contributed by atoms with Gasteiger partial charge in [0.1, 0.15) is 12.1 Å². The number of para-hydroxylation sites is 2. The molecule has 0 atom stereocenters. The lowest BCUT2D eigenvalue weighted by atomic mass is 10.1. The highest BCUT2D eigenvalue weighted by molar-refractivity contribution is 7.89. The zero-order valence-corrected chi connectivity index (χ0v) is 17.7. The van der Waals surface area contributed by atoms with Crippen LogP contribution in [0, 0.1) is 0 Å². The molecule has 3 N–H and O–H groups in total. The van der Waals surface area contributed by atoms with Crippen LogP contribution >= 0.6 is 0 Å². The number of hydrogen-bond donors (Lipinski definition) is 2. The van der Waals surface area contributed by atoms with Gasteiger partial charge in [0, 0.05) is 12.7 Å². The molecule has 32 heavy (non-hydrogen) atoms. The first kappa shape index (κ1) is 21.5. The van der Waals surface area contributed by atoms with Crippen LogP contribution in [0.1, 0.15) is 15.9 Å². The number of carbonyl (C=O) groups excluding carboxylic acids is 2. The summed E-state index contributed by atoms with van der Waals surface area (Å²) in [5, 5.41) is 7.88. The fraction of sp³-hybridized carbons (Fsp3) is 0.136. The summed E-state index contributed by atoms with van der Waals surface area (Å²) in [6.45, 7) is 0.115. The molecule has 164 valence electrons. The number of rotatable bonds is 6. The second kappa shape index (κ2) is 8.77. The largest absolute Gasteiger partial charge is 0.436 e. The van der Waals surface area contributed by atoms with Crippen LogP contribution in [0.2, 0.25) is 0 Å². The number of hydrogen-bond acceptors (Lipinski definition) is 6. The lowest BCUT2D eigenvalue weighted by Crippen LogP contribution is -2.41. The van der Waals surface area contributed by atoms with Gasteiger partial charge in [0.2, 0.25) is 21.8 Å². The Kier molecular flexibility index (Phi) is 5.89. The number of aromatic nitrogens is 1. The first-order valence-corrected chi connectivity index (χ1v) is 11.3. The summed E-state index contributed by atoms with van der Waals surface area (Å²) in [5.41, 5.74) is 1.58. The molecule has 2 aromatic carbocycles. The monoisotopic (exact) mass is 452 g/mol. The number of nitrogens with one attached hydrogen (secondary N) is 1. The fourth-order valence-corrected chi connectivity index (χ4v) is 3.82. The van der Waals surface area contributed by atoms with E-state index in [1.165, 1.54) is 23.2 Å². The van der Waals surface area contributed by atoms with Gasteiger partial charge in [0.05, 0.1) is 10.6 Å². The number of ether oxygens (including phenoxy) is 1. The first-order chi connectivity index (χ1) is 15.3. The molecule has 1 aromatic heterocycles. The maximum Gasteiger partial charge on any atom is 0.264 e. The van der Waals surface area contributed by atoms with Crippen LogP contribution in [0.15, 0.2) is 71.8 Å². The van der Waals surface area contributed by atoms with Crippen molar-refractivity contribution >= 4 is 27.5 Å². The van der Waals surface area contributed by atoms with Gasteiger partial charge in [-0.05, 0) is 48.4 Å². The predicted octanol–water partition coefficient (Wildman–Crippen LogP) is 1.84. The quantitative estimate of drug-likeness (QED) is 0.587. The third-order valence-electron chi connectivity index (χ3n) is 4.90. The molecule has 0 bridgehead atoms. The van der Waals surface area contributed by atoms with E-state index in [9.17, 15) is 18.0 Å². The summed E-state index contributed by atoms with van der Waals surface area (Å²) in [5.74, 6) is -0.106. The van der Waals surface area contributed by atoms with E-state index < -0.39 is 10.0 Å². The van der Waals surface area contributed by atoms with Gasteiger partial charge in [-0.15, -0.1) is 0 Å². The van der Waals surface area contributed by atoms with Crippen LogP contribution < -0.4 is 20.1 Å². The molecule has 0 unspecified atom stereocenters. The number of primary sulfonamides is 1. The Labute approximate surface area is 184 Å². The van der Waals surface area contributed by atoms with Gasteiger partial charge in [-0.1, -0.05) is 24.3 Å². The lowest BCUT2D eigenvalue weighted by molar-refractivity contribution is -0.119. The summed E-state index contributed by atoms with van der Waals surface area (Å²) in [6.07, 6.45) is 2.02. The van der Waals surface area contributed by atoms with Crippen LogP contribution in [-0.4, -0.2) is 38.3 Å². The van der Waals surface area contributed by atoms with Crippen molar-refractivity contribution in [2.45, 2.75) is 11.3 Å². The van der Waals surface area contributed by atoms with E-state index in [1.54, 1.807) is 48.5 Å². The van der Waals surface area contributed by atoms with E-state index >= 15 is 0 Å². The highest BCUT2D eigenvalue weighted by Gasteiger charge is 2.30. The molecule has 0 spiro atoms. The molecule has 2 heterocycles. The molecule has 0 aliphatic carbocycles. The first-order valence-electron chi connectivity index (χ1n) is 9.75. The van der Waals surface area contributed by atoms with Crippen LogP contribution in [-0.2, 0) is 21.2 Å². The maximum absolute atomic E-state index is 13.1. The number of carbonyl (C=O) groups is 2. The van der Waals surface area contributed by atoms with E-state index in [2.05, 4.69) is 10.3 Å². The topological polar surface area (TPSA) is 132 Å². The molecule has 0 fully saturated rings. The van der Waals surface area contributed by atoms with Gasteiger partial charge in [0.25, 0.3) is 5.91 Å². The summed E-state index contributed by atoms with van der Waals surface area (Å²) in [6, 6.07) is 16.3. The Morgan fingerprint density at radius 3 is 2.56 bits per heavy atom. The number of nitrogens with two attached hydrogens (primary N) is 1. The summed E-state index contributed by atoms with van der Waals surface area (Å²) < 4.78 is 28.5. The Bertz CT molecular complexity index is 1280. The van der Waals surface area contributed by atoms with E-state index in [0.717, 1.165) is 5.56 Å². The molecule has 0 saturated heterocycles. The number of pyridine rings is 1. The minimum atomic E-state index is -3.75. The number of benzene rings is 2. The van der Waals surface area contributed by atoms with E-state index in [-0.39, 0.29) is 34.7 Å². The van der Waals surface area contributed by atoms with Gasteiger partial charge in [-0.3, -0.25) is 14.5 Å². The summed E-state index contributed by atoms with van der Waals surface area (Å²) in [7, 11) is -3.75. The molecule has 4 rings (SSSR count). The Morgan fingerprint density at radius 1 is 1.06 bits per heavy atom. The second-order valence-corrected chi connectivity index (χ2v) is 8.67. The third kappa shape index (κ3) is 4.61. The molecule has 1 aliphatic heterocycles. The van der Waals surface area contributed by atoms with Crippen molar-refractivity contribution in [3.8, 4) is 11.6 Å². The minimum Gasteiger partial charge on any atom is -0.436 e. The standard InChI is InChI=1S/C22H20N4O5S/c23-32(29,30)16-9-7-15(8-10-16)11-13-24-20(27)14-26-18-5-1-2-6-19(18)31-21-17(22(26)28)4-3-12-25-21/h1-10,12H,11,13-14H2,(H,24,27)(H2,23,29,30). The van der Waals surface area contributed by atoms with E-state index in [4.69, 9.17) is 9.88 Å². The van der Waals surface area contributed by atoms with Crippen LogP contribution in [0.25, 0.3) is 0 Å². The molecular formula is C22H20N4O5S. The molecule has 10 heteroatoms. The second-order valence-electron chi connectivity index (χ2n) is 7.11. The van der Waals surface area contributed by atoms with Crippen molar-refractivity contribution < 1.29 is 22.7 Å². The van der Waals surface area contributed by atoms with Gasteiger partial charge in [-0.2, -0.15) is 0 Å². The molecule has 1 aliphatic rings. The van der Waals surface area contributed by atoms with Crippen molar-refractivity contribution in [3.05, 3.63) is 78.0 Å². The number of amides is 2. The highest BCUT2D eigenvalue weighted by Crippen LogP contribution is 2.37. The maximum atomic E-state index is 13.1. The Hall–Kier alpha value is -3.76. The molecule has 0 saturated carbocycles. The van der Waals surface area contributed by atoms with Crippen molar-refractivity contribution in [2.75, 3.05) is 18.0 Å². The highest BCUT2D eigenvalue weighted by atomic mass is 32.2. The average Bonchev–Trinajstić information content (AvgIpc) is 2.88. The van der Waals surface area contributed by atoms with E-state index in [1.807, 2.05) is 0 Å². The Balaban J connectivity index is 1.44. The number of fused-ring (bicyclic) bond motifs is 2. The van der Waals surface area contributed by atoms with Crippen molar-refractivity contribution in [1.29, 1.82) is 0 Å².